The van der Waals surface area contributed by atoms with Crippen molar-refractivity contribution < 1.29 is 19.1 Å². The highest BCUT2D eigenvalue weighted by atomic mass is 32.2. The van der Waals surface area contributed by atoms with Crippen molar-refractivity contribution in [2.24, 2.45) is 0 Å². The van der Waals surface area contributed by atoms with E-state index in [1.54, 1.807) is 6.92 Å². The Hall–Kier alpha value is -2.08. The Morgan fingerprint density at radius 2 is 2.04 bits per heavy atom. The second-order valence-corrected chi connectivity index (χ2v) is 6.98. The average molecular weight is 347 g/mol. The Labute approximate surface area is 146 Å². The molecule has 1 unspecified atom stereocenters. The molecule has 0 aromatic heterocycles. The van der Waals surface area contributed by atoms with Crippen LogP contribution in [0.15, 0.2) is 42.5 Å². The molecule has 1 aliphatic heterocycles. The van der Waals surface area contributed by atoms with Gasteiger partial charge in [-0.15, -0.1) is 11.8 Å². The lowest BCUT2D eigenvalue weighted by atomic mass is 10.1. The van der Waals surface area contributed by atoms with E-state index < -0.39 is 11.2 Å². The first-order chi connectivity index (χ1) is 11.4. The summed E-state index contributed by atoms with van der Waals surface area (Å²) in [6.45, 7) is 7.14. The lowest BCUT2D eigenvalue weighted by molar-refractivity contribution is -0.141. The van der Waals surface area contributed by atoms with Gasteiger partial charge in [-0.05, 0) is 19.4 Å². The molecule has 2 rings (SSSR count). The summed E-state index contributed by atoms with van der Waals surface area (Å²) < 4.78 is 5.00. The van der Waals surface area contributed by atoms with Gasteiger partial charge in [0.05, 0.1) is 11.3 Å². The Morgan fingerprint density at radius 1 is 1.38 bits per heavy atom. The zero-order valence-corrected chi connectivity index (χ0v) is 14.7. The van der Waals surface area contributed by atoms with E-state index >= 15 is 0 Å². The average Bonchev–Trinajstić information content (AvgIpc) is 2.85. The molecule has 0 aliphatic carbocycles. The van der Waals surface area contributed by atoms with Gasteiger partial charge >= 0.3 is 5.97 Å². The standard InChI is InChI=1S/C18H21NO4S/c1-12(2)18(22)23-9-10-24-15-11-16(20)19(17(15)21)13(3)14-7-5-4-6-8-14/h4-8,13,15H,1,9-11H2,2-3H3/t13-,15?/m0/s1. The van der Waals surface area contributed by atoms with Crippen LogP contribution < -0.4 is 0 Å². The highest BCUT2D eigenvalue weighted by molar-refractivity contribution is 8.00. The largest absolute Gasteiger partial charge is 0.461 e. The Bertz CT molecular complexity index is 644. The van der Waals surface area contributed by atoms with Crippen molar-refractivity contribution in [3.63, 3.8) is 0 Å². The maximum Gasteiger partial charge on any atom is 0.333 e. The molecule has 2 atom stereocenters. The number of carbonyl (C=O) groups excluding carboxylic acids is 3. The molecule has 1 aromatic rings. The van der Waals surface area contributed by atoms with Gasteiger partial charge < -0.3 is 4.74 Å². The minimum absolute atomic E-state index is 0.159. The van der Waals surface area contributed by atoms with Crippen molar-refractivity contribution in [1.82, 2.24) is 4.90 Å². The second kappa shape index (κ2) is 8.15. The van der Waals surface area contributed by atoms with E-state index in [0.717, 1.165) is 5.56 Å². The van der Waals surface area contributed by atoms with Gasteiger partial charge in [-0.25, -0.2) is 4.79 Å². The molecular weight excluding hydrogens is 326 g/mol. The van der Waals surface area contributed by atoms with Gasteiger partial charge in [-0.1, -0.05) is 36.9 Å². The molecule has 1 fully saturated rings. The van der Waals surface area contributed by atoms with E-state index in [4.69, 9.17) is 4.74 Å². The normalized spacial score (nSPS) is 18.6. The lowest BCUT2D eigenvalue weighted by Crippen LogP contribution is -2.34. The molecule has 1 heterocycles. The maximum absolute atomic E-state index is 12.5. The topological polar surface area (TPSA) is 63.7 Å². The van der Waals surface area contributed by atoms with Crippen molar-refractivity contribution >= 4 is 29.5 Å². The van der Waals surface area contributed by atoms with Crippen LogP contribution in [0.3, 0.4) is 0 Å². The summed E-state index contributed by atoms with van der Waals surface area (Å²) in [5, 5.41) is -0.410. The van der Waals surface area contributed by atoms with Crippen LogP contribution in [0, 0.1) is 0 Å². The lowest BCUT2D eigenvalue weighted by Gasteiger charge is -2.23. The Balaban J connectivity index is 1.89. The molecule has 1 aliphatic rings. The molecule has 1 aromatic carbocycles. The highest BCUT2D eigenvalue weighted by Gasteiger charge is 2.41. The summed E-state index contributed by atoms with van der Waals surface area (Å²) in [6, 6.07) is 9.20. The number of likely N-dealkylation sites (tertiary alicyclic amines) is 1. The molecule has 0 bridgehead atoms. The number of rotatable bonds is 7. The maximum atomic E-state index is 12.5. The molecule has 1 saturated heterocycles. The number of carbonyl (C=O) groups is 3. The van der Waals surface area contributed by atoms with Gasteiger partial charge in [-0.3, -0.25) is 14.5 Å². The number of thioether (sulfide) groups is 1. The van der Waals surface area contributed by atoms with Crippen LogP contribution in [0.25, 0.3) is 0 Å². The van der Waals surface area contributed by atoms with Crippen molar-refractivity contribution in [3.05, 3.63) is 48.0 Å². The van der Waals surface area contributed by atoms with E-state index in [9.17, 15) is 14.4 Å². The van der Waals surface area contributed by atoms with Crippen LogP contribution in [-0.2, 0) is 19.1 Å². The summed E-state index contributed by atoms with van der Waals surface area (Å²) in [4.78, 5) is 37.4. The van der Waals surface area contributed by atoms with E-state index in [1.807, 2.05) is 37.3 Å². The predicted molar refractivity (Wildman–Crippen MR) is 93.3 cm³/mol. The first-order valence-electron chi connectivity index (χ1n) is 7.77. The minimum Gasteiger partial charge on any atom is -0.461 e. The zero-order chi connectivity index (χ0) is 17.7. The molecule has 24 heavy (non-hydrogen) atoms. The number of hydrogen-bond donors (Lipinski definition) is 0. The van der Waals surface area contributed by atoms with E-state index in [1.165, 1.54) is 16.7 Å². The molecule has 0 N–H and O–H groups in total. The van der Waals surface area contributed by atoms with Gasteiger partial charge in [0, 0.05) is 17.7 Å². The fraction of sp³-hybridized carbons (Fsp3) is 0.389. The third-order valence-electron chi connectivity index (χ3n) is 3.79. The van der Waals surface area contributed by atoms with E-state index in [-0.39, 0.29) is 30.9 Å². The van der Waals surface area contributed by atoms with Crippen LogP contribution in [0.2, 0.25) is 0 Å². The Morgan fingerprint density at radius 3 is 2.67 bits per heavy atom. The third-order valence-corrected chi connectivity index (χ3v) is 4.97. The molecule has 0 spiro atoms. The van der Waals surface area contributed by atoms with Crippen molar-refractivity contribution in [2.45, 2.75) is 31.6 Å². The van der Waals surface area contributed by atoms with Crippen LogP contribution in [-0.4, -0.2) is 40.3 Å². The van der Waals surface area contributed by atoms with Crippen LogP contribution in [0.4, 0.5) is 0 Å². The van der Waals surface area contributed by atoms with Gasteiger partial charge in [0.1, 0.15) is 6.61 Å². The second-order valence-electron chi connectivity index (χ2n) is 5.67. The van der Waals surface area contributed by atoms with Gasteiger partial charge in [0.25, 0.3) is 0 Å². The fourth-order valence-corrected chi connectivity index (χ4v) is 3.47. The third kappa shape index (κ3) is 4.26. The number of esters is 1. The summed E-state index contributed by atoms with van der Waals surface area (Å²) in [7, 11) is 0. The van der Waals surface area contributed by atoms with Crippen LogP contribution >= 0.6 is 11.8 Å². The summed E-state index contributed by atoms with van der Waals surface area (Å²) in [5.41, 5.74) is 1.27. The van der Waals surface area contributed by atoms with Gasteiger partial charge in [-0.2, -0.15) is 0 Å². The monoisotopic (exact) mass is 347 g/mol. The van der Waals surface area contributed by atoms with Crippen molar-refractivity contribution in [1.29, 1.82) is 0 Å². The number of hydrogen-bond acceptors (Lipinski definition) is 5. The molecule has 2 amide bonds. The van der Waals surface area contributed by atoms with Crippen molar-refractivity contribution in [2.75, 3.05) is 12.4 Å². The smallest absolute Gasteiger partial charge is 0.333 e. The highest BCUT2D eigenvalue weighted by Crippen LogP contribution is 2.31. The van der Waals surface area contributed by atoms with Crippen molar-refractivity contribution in [3.8, 4) is 0 Å². The fourth-order valence-electron chi connectivity index (χ4n) is 2.49. The Kier molecular flexibility index (Phi) is 6.20. The molecule has 5 nitrogen and oxygen atoms in total. The quantitative estimate of drug-likeness (QED) is 0.328. The molecule has 6 heteroatoms. The molecular formula is C18H21NO4S. The summed E-state index contributed by atoms with van der Waals surface area (Å²) >= 11 is 1.35. The van der Waals surface area contributed by atoms with Gasteiger partial charge in [0.2, 0.25) is 11.8 Å². The molecule has 0 radical (unpaired) electrons. The minimum atomic E-state index is -0.441. The zero-order valence-electron chi connectivity index (χ0n) is 13.9. The van der Waals surface area contributed by atoms with Crippen LogP contribution in [0.1, 0.15) is 31.9 Å². The summed E-state index contributed by atoms with van der Waals surface area (Å²) in [6.07, 6.45) is 0.190. The number of imide groups is 1. The molecule has 0 saturated carbocycles. The first-order valence-corrected chi connectivity index (χ1v) is 8.81. The predicted octanol–water partition coefficient (Wildman–Crippen LogP) is 2.73. The number of amides is 2. The number of nitrogens with zero attached hydrogens (tertiary/aromatic N) is 1. The molecule has 128 valence electrons. The SMILES string of the molecule is C=C(C)C(=O)OCCSC1CC(=O)N([C@@H](C)c2ccccc2)C1=O. The van der Waals surface area contributed by atoms with Gasteiger partial charge in [0.15, 0.2) is 0 Å². The van der Waals surface area contributed by atoms with Crippen LogP contribution in [0.5, 0.6) is 0 Å². The summed E-state index contributed by atoms with van der Waals surface area (Å²) in [5.74, 6) is -0.305. The van der Waals surface area contributed by atoms with E-state index in [0.29, 0.717) is 11.3 Å². The first kappa shape index (κ1) is 18.3. The number of benzene rings is 1. The van der Waals surface area contributed by atoms with E-state index in [2.05, 4.69) is 6.58 Å². The number of ether oxygens (including phenoxy) is 1.